The van der Waals surface area contributed by atoms with Crippen LogP contribution in [0.4, 0.5) is 0 Å². The third-order valence-corrected chi connectivity index (χ3v) is 3.22. The number of rotatable bonds is 6. The van der Waals surface area contributed by atoms with Gasteiger partial charge in [-0.1, -0.05) is 35.0 Å². The van der Waals surface area contributed by atoms with E-state index in [-0.39, 0.29) is 12.6 Å². The van der Waals surface area contributed by atoms with Gasteiger partial charge in [0.25, 0.3) is 0 Å². The average Bonchev–Trinajstić information content (AvgIpc) is 2.85. The minimum atomic E-state index is 0.0618. The van der Waals surface area contributed by atoms with E-state index >= 15 is 0 Å². The van der Waals surface area contributed by atoms with E-state index in [0.717, 1.165) is 16.3 Å². The van der Waals surface area contributed by atoms with Crippen LogP contribution in [0.25, 0.3) is 0 Å². The van der Waals surface area contributed by atoms with Gasteiger partial charge in [0.1, 0.15) is 0 Å². The van der Waals surface area contributed by atoms with Crippen molar-refractivity contribution in [2.45, 2.75) is 26.1 Å². The van der Waals surface area contributed by atoms with Gasteiger partial charge in [0.15, 0.2) is 0 Å². The highest BCUT2D eigenvalue weighted by Crippen LogP contribution is 2.22. The lowest BCUT2D eigenvalue weighted by Crippen LogP contribution is -2.18. The number of aromatic nitrogens is 3. The van der Waals surface area contributed by atoms with Crippen LogP contribution < -0.4 is 5.32 Å². The Labute approximate surface area is 117 Å². The van der Waals surface area contributed by atoms with Crippen molar-refractivity contribution < 1.29 is 5.11 Å². The molecule has 5 nitrogen and oxygen atoms in total. The van der Waals surface area contributed by atoms with Crippen molar-refractivity contribution in [2.24, 2.45) is 0 Å². The molecule has 1 heterocycles. The maximum atomic E-state index is 8.81. The molecule has 1 atom stereocenters. The quantitative estimate of drug-likeness (QED) is 0.847. The molecular weight excluding hydrogens is 264 g/mol. The molecule has 0 amide bonds. The summed E-state index contributed by atoms with van der Waals surface area (Å²) >= 11 is 6.15. The van der Waals surface area contributed by atoms with Crippen molar-refractivity contribution in [3.63, 3.8) is 0 Å². The second-order valence-electron chi connectivity index (χ2n) is 4.32. The van der Waals surface area contributed by atoms with Crippen molar-refractivity contribution in [3.05, 3.63) is 46.7 Å². The zero-order valence-electron chi connectivity index (χ0n) is 10.8. The van der Waals surface area contributed by atoms with Crippen LogP contribution in [-0.2, 0) is 13.1 Å². The molecule has 1 aromatic heterocycles. The fraction of sp³-hybridized carbons (Fsp3) is 0.385. The molecule has 0 aliphatic carbocycles. The Morgan fingerprint density at radius 1 is 1.42 bits per heavy atom. The minimum absolute atomic E-state index is 0.0618. The second-order valence-corrected chi connectivity index (χ2v) is 4.73. The van der Waals surface area contributed by atoms with Gasteiger partial charge in [0.05, 0.1) is 18.8 Å². The van der Waals surface area contributed by atoms with Crippen molar-refractivity contribution in [3.8, 4) is 0 Å². The van der Waals surface area contributed by atoms with Gasteiger partial charge in [-0.05, 0) is 18.6 Å². The largest absolute Gasteiger partial charge is 0.394 e. The first-order chi connectivity index (χ1) is 9.20. The third-order valence-electron chi connectivity index (χ3n) is 2.88. The van der Waals surface area contributed by atoms with Crippen LogP contribution >= 0.6 is 11.6 Å². The van der Waals surface area contributed by atoms with Gasteiger partial charge in [-0.15, -0.1) is 5.10 Å². The van der Waals surface area contributed by atoms with Gasteiger partial charge in [-0.25, -0.2) is 4.68 Å². The zero-order chi connectivity index (χ0) is 13.7. The highest BCUT2D eigenvalue weighted by atomic mass is 35.5. The van der Waals surface area contributed by atoms with E-state index in [9.17, 15) is 0 Å². The summed E-state index contributed by atoms with van der Waals surface area (Å²) in [4.78, 5) is 0. The lowest BCUT2D eigenvalue weighted by atomic mass is 10.1. The predicted molar refractivity (Wildman–Crippen MR) is 73.8 cm³/mol. The number of halogens is 1. The summed E-state index contributed by atoms with van der Waals surface area (Å²) in [6.07, 6.45) is 1.82. The number of hydrogen-bond acceptors (Lipinski definition) is 4. The SMILES string of the molecule is CC(NCc1cn(CCO)nn1)c1ccccc1Cl. The van der Waals surface area contributed by atoms with Gasteiger partial charge in [0.2, 0.25) is 0 Å². The lowest BCUT2D eigenvalue weighted by molar-refractivity contribution is 0.268. The van der Waals surface area contributed by atoms with E-state index in [1.165, 1.54) is 0 Å². The molecule has 1 aromatic carbocycles. The van der Waals surface area contributed by atoms with Crippen LogP contribution in [0.5, 0.6) is 0 Å². The lowest BCUT2D eigenvalue weighted by Gasteiger charge is -2.14. The standard InChI is InChI=1S/C13H17ClN4O/c1-10(12-4-2-3-5-13(12)14)15-8-11-9-18(6-7-19)17-16-11/h2-5,9-10,15,19H,6-8H2,1H3. The fourth-order valence-corrected chi connectivity index (χ4v) is 2.12. The Morgan fingerprint density at radius 3 is 2.95 bits per heavy atom. The van der Waals surface area contributed by atoms with E-state index in [1.807, 2.05) is 30.5 Å². The normalized spacial score (nSPS) is 12.6. The summed E-state index contributed by atoms with van der Waals surface area (Å²) in [6.45, 7) is 3.19. The van der Waals surface area contributed by atoms with E-state index in [4.69, 9.17) is 16.7 Å². The molecule has 0 aliphatic heterocycles. The van der Waals surface area contributed by atoms with Gasteiger partial charge in [-0.3, -0.25) is 0 Å². The molecule has 0 saturated heterocycles. The summed E-state index contributed by atoms with van der Waals surface area (Å²) in [6, 6.07) is 7.90. The Hall–Kier alpha value is -1.43. The number of hydrogen-bond donors (Lipinski definition) is 2. The second kappa shape index (κ2) is 6.65. The Kier molecular flexibility index (Phi) is 4.90. The van der Waals surface area contributed by atoms with E-state index in [1.54, 1.807) is 4.68 Å². The summed E-state index contributed by atoms with van der Waals surface area (Å²) in [5.74, 6) is 0. The highest BCUT2D eigenvalue weighted by Gasteiger charge is 2.09. The fourth-order valence-electron chi connectivity index (χ4n) is 1.83. The molecular formula is C13H17ClN4O. The third kappa shape index (κ3) is 3.76. The first kappa shape index (κ1) is 14.0. The van der Waals surface area contributed by atoms with E-state index in [0.29, 0.717) is 13.1 Å². The topological polar surface area (TPSA) is 63.0 Å². The molecule has 6 heteroatoms. The molecule has 0 bridgehead atoms. The molecule has 0 spiro atoms. The number of benzene rings is 1. The molecule has 0 aliphatic rings. The predicted octanol–water partition coefficient (Wildman–Crippen LogP) is 1.77. The van der Waals surface area contributed by atoms with Crippen LogP contribution in [0.2, 0.25) is 5.02 Å². The molecule has 1 unspecified atom stereocenters. The molecule has 2 aromatic rings. The summed E-state index contributed by atoms with van der Waals surface area (Å²) in [7, 11) is 0. The summed E-state index contributed by atoms with van der Waals surface area (Å²) in [5.41, 5.74) is 1.90. The van der Waals surface area contributed by atoms with Crippen LogP contribution in [-0.4, -0.2) is 26.7 Å². The first-order valence-electron chi connectivity index (χ1n) is 6.18. The Bertz CT molecular complexity index is 529. The van der Waals surface area contributed by atoms with E-state index in [2.05, 4.69) is 22.6 Å². The summed E-state index contributed by atoms with van der Waals surface area (Å²) < 4.78 is 1.62. The number of aliphatic hydroxyl groups excluding tert-OH is 1. The molecule has 0 fully saturated rings. The van der Waals surface area contributed by atoms with Crippen molar-refractivity contribution >= 4 is 11.6 Å². The smallest absolute Gasteiger partial charge is 0.0965 e. The van der Waals surface area contributed by atoms with Crippen molar-refractivity contribution in [1.29, 1.82) is 0 Å². The molecule has 0 radical (unpaired) electrons. The van der Waals surface area contributed by atoms with Gasteiger partial charge >= 0.3 is 0 Å². The maximum absolute atomic E-state index is 8.81. The van der Waals surface area contributed by atoms with Crippen LogP contribution in [0.15, 0.2) is 30.5 Å². The van der Waals surface area contributed by atoms with Gasteiger partial charge in [0, 0.05) is 23.8 Å². The molecule has 102 valence electrons. The van der Waals surface area contributed by atoms with Crippen LogP contribution in [0, 0.1) is 0 Å². The van der Waals surface area contributed by atoms with Gasteiger partial charge < -0.3 is 10.4 Å². The van der Waals surface area contributed by atoms with Crippen LogP contribution in [0.3, 0.4) is 0 Å². The van der Waals surface area contributed by atoms with Gasteiger partial charge in [-0.2, -0.15) is 0 Å². The van der Waals surface area contributed by atoms with E-state index < -0.39 is 0 Å². The summed E-state index contributed by atoms with van der Waals surface area (Å²) in [5, 5.41) is 20.9. The number of nitrogens with zero attached hydrogens (tertiary/aromatic N) is 3. The Morgan fingerprint density at radius 2 is 2.21 bits per heavy atom. The first-order valence-corrected chi connectivity index (χ1v) is 6.56. The monoisotopic (exact) mass is 280 g/mol. The van der Waals surface area contributed by atoms with Crippen molar-refractivity contribution in [1.82, 2.24) is 20.3 Å². The molecule has 0 saturated carbocycles. The minimum Gasteiger partial charge on any atom is -0.394 e. The molecule has 19 heavy (non-hydrogen) atoms. The zero-order valence-corrected chi connectivity index (χ0v) is 11.5. The number of nitrogens with one attached hydrogen (secondary N) is 1. The molecule has 2 rings (SSSR count). The number of aliphatic hydroxyl groups is 1. The molecule has 2 N–H and O–H groups in total. The highest BCUT2D eigenvalue weighted by molar-refractivity contribution is 6.31. The Balaban J connectivity index is 1.92. The average molecular weight is 281 g/mol. The van der Waals surface area contributed by atoms with Crippen molar-refractivity contribution in [2.75, 3.05) is 6.61 Å². The maximum Gasteiger partial charge on any atom is 0.0965 e. The van der Waals surface area contributed by atoms with Crippen LogP contribution in [0.1, 0.15) is 24.2 Å².